The van der Waals surface area contributed by atoms with Gasteiger partial charge in [0.05, 0.1) is 6.20 Å². The summed E-state index contributed by atoms with van der Waals surface area (Å²) in [5.41, 5.74) is 0.647. The third-order valence-corrected chi connectivity index (χ3v) is 2.00. The molecule has 0 amide bonds. The van der Waals surface area contributed by atoms with E-state index in [4.69, 9.17) is 4.74 Å². The topological polar surface area (TPSA) is 34.2 Å². The van der Waals surface area contributed by atoms with Gasteiger partial charge in [0.1, 0.15) is 5.75 Å². The summed E-state index contributed by atoms with van der Waals surface area (Å²) in [7, 11) is 1.71. The molecule has 0 fully saturated rings. The number of alkyl halides is 3. The maximum Gasteiger partial charge on any atom is 0.425 e. The van der Waals surface area contributed by atoms with Gasteiger partial charge >= 0.3 is 6.18 Å². The quantitative estimate of drug-likeness (QED) is 0.866. The van der Waals surface area contributed by atoms with Gasteiger partial charge in [0.2, 0.25) is 0 Å². The molecule has 90 valence electrons. The van der Waals surface area contributed by atoms with E-state index in [1.165, 1.54) is 12.4 Å². The average molecular weight is 234 g/mol. The fraction of sp³-hybridized carbons (Fsp3) is 0.500. The summed E-state index contributed by atoms with van der Waals surface area (Å²) in [4.78, 5) is 3.74. The molecule has 0 aromatic carbocycles. The van der Waals surface area contributed by atoms with Crippen LogP contribution >= 0.6 is 0 Å². The standard InChI is InChI=1S/C10H13F3N2O/c1-7(10(11,12)13)16-9-6-15-4-3-8(9)5-14-2/h3-4,6-7,14H,5H2,1-2H3. The van der Waals surface area contributed by atoms with E-state index < -0.39 is 12.3 Å². The molecule has 1 aromatic heterocycles. The van der Waals surface area contributed by atoms with Crippen LogP contribution in [0.3, 0.4) is 0 Å². The highest BCUT2D eigenvalue weighted by atomic mass is 19.4. The Balaban J connectivity index is 2.80. The van der Waals surface area contributed by atoms with Crippen LogP contribution in [0.5, 0.6) is 5.75 Å². The maximum absolute atomic E-state index is 12.3. The Bertz CT molecular complexity index is 341. The molecular formula is C10H13F3N2O. The first-order valence-corrected chi connectivity index (χ1v) is 4.76. The lowest BCUT2D eigenvalue weighted by atomic mass is 10.2. The number of hydrogen-bond donors (Lipinski definition) is 1. The predicted octanol–water partition coefficient (Wildman–Crippen LogP) is 2.13. The van der Waals surface area contributed by atoms with Crippen LogP contribution in [0.15, 0.2) is 18.5 Å². The van der Waals surface area contributed by atoms with E-state index in [1.807, 2.05) is 0 Å². The monoisotopic (exact) mass is 234 g/mol. The SMILES string of the molecule is CNCc1ccncc1OC(C)C(F)(F)F. The first-order valence-electron chi connectivity index (χ1n) is 4.76. The highest BCUT2D eigenvalue weighted by Crippen LogP contribution is 2.26. The van der Waals surface area contributed by atoms with Crippen molar-refractivity contribution in [3.63, 3.8) is 0 Å². The molecule has 0 aliphatic carbocycles. The Hall–Kier alpha value is -1.30. The van der Waals surface area contributed by atoms with Crippen molar-refractivity contribution in [1.82, 2.24) is 10.3 Å². The van der Waals surface area contributed by atoms with Crippen molar-refractivity contribution in [3.8, 4) is 5.75 Å². The van der Waals surface area contributed by atoms with Gasteiger partial charge in [0.15, 0.2) is 6.10 Å². The number of pyridine rings is 1. The minimum absolute atomic E-state index is 0.154. The van der Waals surface area contributed by atoms with Gasteiger partial charge in [-0.25, -0.2) is 0 Å². The van der Waals surface area contributed by atoms with Crippen molar-refractivity contribution >= 4 is 0 Å². The van der Waals surface area contributed by atoms with Crippen LogP contribution in [0.25, 0.3) is 0 Å². The fourth-order valence-corrected chi connectivity index (χ4v) is 1.11. The predicted molar refractivity (Wildman–Crippen MR) is 53.1 cm³/mol. The van der Waals surface area contributed by atoms with E-state index in [-0.39, 0.29) is 5.75 Å². The molecule has 1 heterocycles. The Kier molecular flexibility index (Phi) is 4.12. The fourth-order valence-electron chi connectivity index (χ4n) is 1.11. The Morgan fingerprint density at radius 2 is 2.19 bits per heavy atom. The van der Waals surface area contributed by atoms with Crippen LogP contribution in [0.2, 0.25) is 0 Å². The summed E-state index contributed by atoms with van der Waals surface area (Å²) in [5.74, 6) is 0.154. The van der Waals surface area contributed by atoms with Crippen LogP contribution in [0.4, 0.5) is 13.2 Å². The molecule has 1 unspecified atom stereocenters. The first-order chi connectivity index (χ1) is 7.45. The molecule has 16 heavy (non-hydrogen) atoms. The molecular weight excluding hydrogens is 221 g/mol. The van der Waals surface area contributed by atoms with Gasteiger partial charge in [0, 0.05) is 18.3 Å². The molecule has 0 saturated carbocycles. The highest BCUT2D eigenvalue weighted by Gasteiger charge is 2.38. The Morgan fingerprint density at radius 3 is 2.75 bits per heavy atom. The summed E-state index contributed by atoms with van der Waals surface area (Å²) in [6.07, 6.45) is -3.41. The smallest absolute Gasteiger partial charge is 0.425 e. The van der Waals surface area contributed by atoms with Gasteiger partial charge in [-0.3, -0.25) is 4.98 Å². The van der Waals surface area contributed by atoms with Crippen LogP contribution in [-0.4, -0.2) is 24.3 Å². The Morgan fingerprint density at radius 1 is 1.50 bits per heavy atom. The van der Waals surface area contributed by atoms with Crippen molar-refractivity contribution in [1.29, 1.82) is 0 Å². The van der Waals surface area contributed by atoms with Crippen LogP contribution in [0.1, 0.15) is 12.5 Å². The number of ether oxygens (including phenoxy) is 1. The largest absolute Gasteiger partial charge is 0.479 e. The number of hydrogen-bond acceptors (Lipinski definition) is 3. The highest BCUT2D eigenvalue weighted by molar-refractivity contribution is 5.29. The molecule has 1 aromatic rings. The lowest BCUT2D eigenvalue weighted by molar-refractivity contribution is -0.189. The number of aromatic nitrogens is 1. The van der Waals surface area contributed by atoms with E-state index in [0.717, 1.165) is 6.92 Å². The van der Waals surface area contributed by atoms with Gasteiger partial charge < -0.3 is 10.1 Å². The van der Waals surface area contributed by atoms with Crippen LogP contribution in [0, 0.1) is 0 Å². The second kappa shape index (κ2) is 5.16. The van der Waals surface area contributed by atoms with E-state index in [2.05, 4.69) is 10.3 Å². The molecule has 3 nitrogen and oxygen atoms in total. The lowest BCUT2D eigenvalue weighted by Gasteiger charge is -2.19. The normalized spacial score (nSPS) is 13.6. The third-order valence-electron chi connectivity index (χ3n) is 2.00. The van der Waals surface area contributed by atoms with Crippen molar-refractivity contribution < 1.29 is 17.9 Å². The van der Waals surface area contributed by atoms with Gasteiger partial charge in [-0.1, -0.05) is 0 Å². The van der Waals surface area contributed by atoms with Gasteiger partial charge in [0.25, 0.3) is 0 Å². The third kappa shape index (κ3) is 3.37. The first kappa shape index (κ1) is 12.8. The van der Waals surface area contributed by atoms with Gasteiger partial charge in [-0.2, -0.15) is 13.2 Å². The minimum Gasteiger partial charge on any atom is -0.479 e. The zero-order valence-electron chi connectivity index (χ0n) is 9.01. The molecule has 1 rings (SSSR count). The maximum atomic E-state index is 12.3. The summed E-state index contributed by atoms with van der Waals surface area (Å²) in [6, 6.07) is 1.62. The second-order valence-corrected chi connectivity index (χ2v) is 3.32. The zero-order valence-corrected chi connectivity index (χ0v) is 9.01. The van der Waals surface area contributed by atoms with Crippen molar-refractivity contribution in [2.75, 3.05) is 7.05 Å². The van der Waals surface area contributed by atoms with Crippen LogP contribution < -0.4 is 10.1 Å². The van der Waals surface area contributed by atoms with Gasteiger partial charge in [-0.15, -0.1) is 0 Å². The molecule has 0 aliphatic heterocycles. The van der Waals surface area contributed by atoms with Crippen molar-refractivity contribution in [2.24, 2.45) is 0 Å². The molecule has 0 saturated heterocycles. The molecule has 0 bridgehead atoms. The van der Waals surface area contributed by atoms with Crippen molar-refractivity contribution in [2.45, 2.75) is 25.7 Å². The lowest BCUT2D eigenvalue weighted by Crippen LogP contribution is -2.31. The molecule has 6 heteroatoms. The van der Waals surface area contributed by atoms with E-state index in [9.17, 15) is 13.2 Å². The van der Waals surface area contributed by atoms with E-state index >= 15 is 0 Å². The molecule has 1 atom stereocenters. The summed E-state index contributed by atoms with van der Waals surface area (Å²) < 4.78 is 41.7. The van der Waals surface area contributed by atoms with Gasteiger partial charge in [-0.05, 0) is 20.0 Å². The van der Waals surface area contributed by atoms with Crippen molar-refractivity contribution in [3.05, 3.63) is 24.0 Å². The van der Waals surface area contributed by atoms with E-state index in [1.54, 1.807) is 13.1 Å². The Labute approximate surface area is 91.6 Å². The zero-order chi connectivity index (χ0) is 12.2. The number of nitrogens with one attached hydrogen (secondary N) is 1. The summed E-state index contributed by atoms with van der Waals surface area (Å²) >= 11 is 0. The summed E-state index contributed by atoms with van der Waals surface area (Å²) in [5, 5.41) is 2.85. The van der Waals surface area contributed by atoms with Crippen LogP contribution in [-0.2, 0) is 6.54 Å². The number of rotatable bonds is 4. The average Bonchev–Trinajstić information content (AvgIpc) is 2.20. The molecule has 1 N–H and O–H groups in total. The van der Waals surface area contributed by atoms with E-state index in [0.29, 0.717) is 12.1 Å². The molecule has 0 aliphatic rings. The number of halogens is 3. The summed E-state index contributed by atoms with van der Waals surface area (Å²) in [6.45, 7) is 1.40. The molecule has 0 spiro atoms. The minimum atomic E-state index is -4.37. The molecule has 0 radical (unpaired) electrons. The number of nitrogens with zero attached hydrogens (tertiary/aromatic N) is 1. The second-order valence-electron chi connectivity index (χ2n) is 3.32.